The van der Waals surface area contributed by atoms with Crippen molar-refractivity contribution in [2.24, 2.45) is 5.41 Å². The maximum Gasteiger partial charge on any atom is 0.215 e. The van der Waals surface area contributed by atoms with Crippen molar-refractivity contribution in [1.29, 1.82) is 0 Å². The highest BCUT2D eigenvalue weighted by Crippen LogP contribution is 2.37. The zero-order chi connectivity index (χ0) is 13.8. The van der Waals surface area contributed by atoms with Crippen LogP contribution in [0, 0.1) is 5.41 Å². The third-order valence-corrected chi connectivity index (χ3v) is 5.79. The molecule has 1 aliphatic carbocycles. The summed E-state index contributed by atoms with van der Waals surface area (Å²) in [6.45, 7) is 9.53. The van der Waals surface area contributed by atoms with Crippen molar-refractivity contribution in [3.63, 3.8) is 0 Å². The Bertz CT molecular complexity index is 352. The van der Waals surface area contributed by atoms with Gasteiger partial charge in [-0.25, -0.2) is 13.1 Å². The molecular formula is C13H28N2O2S. The van der Waals surface area contributed by atoms with Gasteiger partial charge in [-0.1, -0.05) is 27.2 Å². The minimum atomic E-state index is -3.21. The first kappa shape index (κ1) is 15.9. The molecule has 0 saturated heterocycles. The molecule has 0 aromatic heterocycles. The second-order valence-electron chi connectivity index (χ2n) is 6.11. The normalized spacial score (nSPS) is 25.2. The molecule has 1 fully saturated rings. The summed E-state index contributed by atoms with van der Waals surface area (Å²) in [5.74, 6) is 0. The van der Waals surface area contributed by atoms with Gasteiger partial charge in [-0.15, -0.1) is 0 Å². The van der Waals surface area contributed by atoms with Crippen molar-refractivity contribution in [3.05, 3.63) is 0 Å². The first-order chi connectivity index (χ1) is 8.29. The van der Waals surface area contributed by atoms with Crippen LogP contribution in [0.5, 0.6) is 0 Å². The van der Waals surface area contributed by atoms with Gasteiger partial charge in [0.1, 0.15) is 0 Å². The van der Waals surface area contributed by atoms with E-state index in [1.165, 1.54) is 0 Å². The third kappa shape index (κ3) is 4.21. The van der Waals surface area contributed by atoms with Gasteiger partial charge >= 0.3 is 0 Å². The van der Waals surface area contributed by atoms with Crippen molar-refractivity contribution < 1.29 is 8.42 Å². The van der Waals surface area contributed by atoms with E-state index in [0.717, 1.165) is 32.2 Å². The van der Waals surface area contributed by atoms with Crippen LogP contribution < -0.4 is 10.0 Å². The average molecular weight is 276 g/mol. The Kier molecular flexibility index (Phi) is 5.62. The molecule has 2 unspecified atom stereocenters. The fourth-order valence-electron chi connectivity index (χ4n) is 2.45. The monoisotopic (exact) mass is 276 g/mol. The Morgan fingerprint density at radius 3 is 2.56 bits per heavy atom. The maximum absolute atomic E-state index is 12.2. The average Bonchev–Trinajstić information content (AvgIpc) is 2.58. The molecule has 1 rings (SSSR count). The molecule has 0 bridgehead atoms. The highest BCUT2D eigenvalue weighted by Gasteiger charge is 2.37. The predicted octanol–water partition coefficient (Wildman–Crippen LogP) is 1.87. The summed E-state index contributed by atoms with van der Waals surface area (Å²) in [5, 5.41) is 2.79. The molecule has 0 heterocycles. The van der Waals surface area contributed by atoms with E-state index >= 15 is 0 Å². The van der Waals surface area contributed by atoms with Crippen molar-refractivity contribution >= 4 is 10.0 Å². The zero-order valence-electron chi connectivity index (χ0n) is 12.1. The van der Waals surface area contributed by atoms with Crippen LogP contribution in [-0.2, 0) is 10.0 Å². The number of sulfonamides is 1. The Morgan fingerprint density at radius 2 is 2.06 bits per heavy atom. The summed E-state index contributed by atoms with van der Waals surface area (Å²) in [4.78, 5) is 0. The standard InChI is InChI=1S/C13H28N2O2S/c1-5-9-14-10-11(2)18(16,17)15-12-7-6-8-13(12,3)4/h11-12,14-15H,5-10H2,1-4H3. The lowest BCUT2D eigenvalue weighted by molar-refractivity contribution is 0.312. The molecule has 0 amide bonds. The van der Waals surface area contributed by atoms with Crippen LogP contribution in [-0.4, -0.2) is 32.8 Å². The third-order valence-electron chi connectivity index (χ3n) is 3.95. The van der Waals surface area contributed by atoms with Crippen LogP contribution in [0.3, 0.4) is 0 Å². The van der Waals surface area contributed by atoms with Crippen LogP contribution >= 0.6 is 0 Å². The summed E-state index contributed by atoms with van der Waals surface area (Å²) in [7, 11) is -3.21. The summed E-state index contributed by atoms with van der Waals surface area (Å²) >= 11 is 0. The van der Waals surface area contributed by atoms with E-state index in [0.29, 0.717) is 6.54 Å². The van der Waals surface area contributed by atoms with E-state index in [1.54, 1.807) is 6.92 Å². The van der Waals surface area contributed by atoms with Gasteiger partial charge in [0.05, 0.1) is 5.25 Å². The number of hydrogen-bond acceptors (Lipinski definition) is 3. The smallest absolute Gasteiger partial charge is 0.215 e. The zero-order valence-corrected chi connectivity index (χ0v) is 12.9. The quantitative estimate of drug-likeness (QED) is 0.698. The number of hydrogen-bond donors (Lipinski definition) is 2. The van der Waals surface area contributed by atoms with Gasteiger partial charge in [0.15, 0.2) is 0 Å². The van der Waals surface area contributed by atoms with E-state index in [4.69, 9.17) is 0 Å². The van der Waals surface area contributed by atoms with E-state index in [2.05, 4.69) is 30.8 Å². The van der Waals surface area contributed by atoms with Crippen molar-refractivity contribution in [3.8, 4) is 0 Å². The minimum absolute atomic E-state index is 0.0869. The van der Waals surface area contributed by atoms with Gasteiger partial charge in [0.25, 0.3) is 0 Å². The molecule has 1 saturated carbocycles. The Hall–Kier alpha value is -0.130. The summed E-state index contributed by atoms with van der Waals surface area (Å²) in [6.07, 6.45) is 4.20. The van der Waals surface area contributed by atoms with E-state index < -0.39 is 10.0 Å². The molecule has 108 valence electrons. The van der Waals surface area contributed by atoms with Crippen molar-refractivity contribution in [1.82, 2.24) is 10.0 Å². The van der Waals surface area contributed by atoms with E-state index in [9.17, 15) is 8.42 Å². The SMILES string of the molecule is CCCNCC(C)S(=O)(=O)NC1CCCC1(C)C. The molecular weight excluding hydrogens is 248 g/mol. The van der Waals surface area contributed by atoms with Crippen LogP contribution in [0.1, 0.15) is 53.4 Å². The molecule has 0 aliphatic heterocycles. The molecule has 0 radical (unpaired) electrons. The highest BCUT2D eigenvalue weighted by atomic mass is 32.2. The predicted molar refractivity (Wildman–Crippen MR) is 76.1 cm³/mol. The van der Waals surface area contributed by atoms with E-state index in [-0.39, 0.29) is 16.7 Å². The molecule has 18 heavy (non-hydrogen) atoms. The largest absolute Gasteiger partial charge is 0.315 e. The molecule has 1 aliphatic rings. The lowest BCUT2D eigenvalue weighted by Gasteiger charge is -2.29. The second kappa shape index (κ2) is 6.35. The van der Waals surface area contributed by atoms with E-state index in [1.807, 2.05) is 0 Å². The van der Waals surface area contributed by atoms with Crippen LogP contribution in [0.25, 0.3) is 0 Å². The molecule has 2 N–H and O–H groups in total. The van der Waals surface area contributed by atoms with Crippen molar-refractivity contribution in [2.75, 3.05) is 13.1 Å². The van der Waals surface area contributed by atoms with Crippen LogP contribution in [0.15, 0.2) is 0 Å². The highest BCUT2D eigenvalue weighted by molar-refractivity contribution is 7.90. The van der Waals surface area contributed by atoms with Gasteiger partial charge in [-0.2, -0.15) is 0 Å². The molecule has 5 heteroatoms. The van der Waals surface area contributed by atoms with Gasteiger partial charge in [0, 0.05) is 12.6 Å². The Balaban J connectivity index is 2.53. The topological polar surface area (TPSA) is 58.2 Å². The first-order valence-electron chi connectivity index (χ1n) is 7.01. The summed E-state index contributed by atoms with van der Waals surface area (Å²) in [6, 6.07) is 0.0936. The number of nitrogens with one attached hydrogen (secondary N) is 2. The summed E-state index contributed by atoms with van der Waals surface area (Å²) < 4.78 is 27.3. The van der Waals surface area contributed by atoms with Gasteiger partial charge < -0.3 is 5.32 Å². The second-order valence-corrected chi connectivity index (χ2v) is 8.24. The van der Waals surface area contributed by atoms with Gasteiger partial charge in [0.2, 0.25) is 10.0 Å². The Labute approximate surface area is 112 Å². The summed E-state index contributed by atoms with van der Waals surface area (Å²) in [5.41, 5.74) is 0.0869. The molecule has 0 spiro atoms. The fourth-order valence-corrected chi connectivity index (χ4v) is 3.85. The fraction of sp³-hybridized carbons (Fsp3) is 1.00. The molecule has 4 nitrogen and oxygen atoms in total. The number of rotatable bonds is 7. The van der Waals surface area contributed by atoms with Crippen LogP contribution in [0.4, 0.5) is 0 Å². The minimum Gasteiger partial charge on any atom is -0.315 e. The Morgan fingerprint density at radius 1 is 1.39 bits per heavy atom. The lowest BCUT2D eigenvalue weighted by atomic mass is 9.88. The van der Waals surface area contributed by atoms with Gasteiger partial charge in [-0.3, -0.25) is 0 Å². The van der Waals surface area contributed by atoms with Crippen LogP contribution in [0.2, 0.25) is 0 Å². The van der Waals surface area contributed by atoms with Gasteiger partial charge in [-0.05, 0) is 38.1 Å². The maximum atomic E-state index is 12.2. The molecule has 0 aromatic rings. The lowest BCUT2D eigenvalue weighted by Crippen LogP contribution is -2.47. The molecule has 2 atom stereocenters. The molecule has 0 aromatic carbocycles. The van der Waals surface area contributed by atoms with Crippen molar-refractivity contribution in [2.45, 2.75) is 64.7 Å². The first-order valence-corrected chi connectivity index (χ1v) is 8.56.